The molecule has 332 valence electrons. The summed E-state index contributed by atoms with van der Waals surface area (Å²) in [6.45, 7) is 4.80. The minimum atomic E-state index is -4.61. The molecule has 21 heteroatoms. The Balaban J connectivity index is 0.000000253. The van der Waals surface area contributed by atoms with Gasteiger partial charge < -0.3 is 32.3 Å². The van der Waals surface area contributed by atoms with E-state index in [-0.39, 0.29) is 53.6 Å². The van der Waals surface area contributed by atoms with Crippen molar-refractivity contribution in [3.63, 3.8) is 0 Å². The molecule has 2 aliphatic rings. The SMILES string of the molecule is CCN.CCNc1nc(NC2CCC(NC(=O)c3ccc(F)cc3)CC2)cc(C(F)(F)F)n1.O=C(NC1CCC(Nc2cc(C(F)(F)F)nc(Cl)n2)CC1)c1ccc(F)cc1. The van der Waals surface area contributed by atoms with Gasteiger partial charge in [0, 0.05) is 54.0 Å². The van der Waals surface area contributed by atoms with Crippen molar-refractivity contribution >= 4 is 41.0 Å². The predicted octanol–water partition coefficient (Wildman–Crippen LogP) is 8.63. The van der Waals surface area contributed by atoms with Crippen LogP contribution >= 0.6 is 11.6 Å². The number of hydrogen-bond acceptors (Lipinski definition) is 10. The molecule has 2 heterocycles. The van der Waals surface area contributed by atoms with Gasteiger partial charge in [-0.2, -0.15) is 31.3 Å². The Morgan fingerprint density at radius 1 is 0.623 bits per heavy atom. The number of benzene rings is 2. The van der Waals surface area contributed by atoms with Gasteiger partial charge in [-0.15, -0.1) is 0 Å². The van der Waals surface area contributed by atoms with E-state index in [0.29, 0.717) is 69.0 Å². The fourth-order valence-corrected chi connectivity index (χ4v) is 6.65. The number of alkyl halides is 6. The highest BCUT2D eigenvalue weighted by molar-refractivity contribution is 6.28. The lowest BCUT2D eigenvalue weighted by molar-refractivity contribution is -0.141. The second-order valence-electron chi connectivity index (χ2n) is 14.2. The number of hydrogen-bond donors (Lipinski definition) is 6. The quantitative estimate of drug-likeness (QED) is 0.0669. The molecular formula is C40H47ClF8N10O2. The van der Waals surface area contributed by atoms with Crippen LogP contribution in [0.25, 0.3) is 0 Å². The zero-order valence-corrected chi connectivity index (χ0v) is 34.0. The third-order valence-corrected chi connectivity index (χ3v) is 9.55. The number of anilines is 3. The first-order valence-electron chi connectivity index (χ1n) is 19.5. The van der Waals surface area contributed by atoms with Crippen LogP contribution in [0.2, 0.25) is 5.28 Å². The largest absolute Gasteiger partial charge is 0.433 e. The number of aromatic nitrogens is 4. The van der Waals surface area contributed by atoms with Crippen LogP contribution in [0.15, 0.2) is 60.7 Å². The van der Waals surface area contributed by atoms with E-state index in [1.807, 2.05) is 6.92 Å². The van der Waals surface area contributed by atoms with Gasteiger partial charge in [-0.05, 0) is 125 Å². The summed E-state index contributed by atoms with van der Waals surface area (Å²) >= 11 is 5.59. The van der Waals surface area contributed by atoms with Crippen LogP contribution in [0.4, 0.5) is 52.7 Å². The fourth-order valence-electron chi connectivity index (χ4n) is 6.46. The summed E-state index contributed by atoms with van der Waals surface area (Å²) in [5.41, 5.74) is 3.50. The summed E-state index contributed by atoms with van der Waals surface area (Å²) in [4.78, 5) is 39.0. The van der Waals surface area contributed by atoms with Crippen molar-refractivity contribution in [1.29, 1.82) is 0 Å². The first-order chi connectivity index (χ1) is 28.9. The van der Waals surface area contributed by atoms with Crippen LogP contribution in [0, 0.1) is 11.6 Å². The molecule has 61 heavy (non-hydrogen) atoms. The highest BCUT2D eigenvalue weighted by Gasteiger charge is 2.35. The molecule has 7 N–H and O–H groups in total. The first kappa shape index (κ1) is 48.3. The molecule has 2 fully saturated rings. The predicted molar refractivity (Wildman–Crippen MR) is 215 cm³/mol. The standard InChI is InChI=1S/C20H23F4N5O.C18H17ClF4N4O.C2H7N/c1-2-25-19-28-16(20(22,23)24)11-17(29-19)26-14-7-9-15(10-8-14)27-18(30)12-3-5-13(21)6-4-12;19-17-26-14(18(21,22)23)9-15(27-17)24-12-5-7-13(8-6-12)25-16(28)10-1-3-11(20)4-2-10;1-2-3/h3-6,11,14-15H,2,7-10H2,1H3,(H,27,30)(H2,25,26,28,29);1-4,9,12-13H,5-8H2,(H,25,28)(H,24,26,27);2-3H2,1H3. The summed E-state index contributed by atoms with van der Waals surface area (Å²) in [6.07, 6.45) is -3.94. The van der Waals surface area contributed by atoms with E-state index in [4.69, 9.17) is 17.3 Å². The third-order valence-electron chi connectivity index (χ3n) is 9.38. The number of amides is 2. The lowest BCUT2D eigenvalue weighted by Gasteiger charge is -2.30. The molecule has 0 aliphatic heterocycles. The molecule has 0 bridgehead atoms. The topological polar surface area (TPSA) is 172 Å². The zero-order chi connectivity index (χ0) is 44.7. The van der Waals surface area contributed by atoms with Gasteiger partial charge in [-0.3, -0.25) is 9.59 Å². The van der Waals surface area contributed by atoms with Crippen molar-refractivity contribution < 1.29 is 44.7 Å². The van der Waals surface area contributed by atoms with Crippen LogP contribution in [-0.4, -0.2) is 69.0 Å². The van der Waals surface area contributed by atoms with Gasteiger partial charge in [0.15, 0.2) is 11.4 Å². The van der Waals surface area contributed by atoms with Crippen molar-refractivity contribution in [3.05, 3.63) is 100 Å². The molecular weight excluding hydrogens is 840 g/mol. The average molecular weight is 887 g/mol. The van der Waals surface area contributed by atoms with Crippen molar-refractivity contribution in [2.75, 3.05) is 29.0 Å². The lowest BCUT2D eigenvalue weighted by atomic mass is 9.91. The maximum atomic E-state index is 13.1. The number of carbonyl (C=O) groups excluding carboxylic acids is 2. The van der Waals surface area contributed by atoms with Gasteiger partial charge in [0.25, 0.3) is 11.8 Å². The van der Waals surface area contributed by atoms with Crippen LogP contribution in [0.3, 0.4) is 0 Å². The molecule has 0 spiro atoms. The van der Waals surface area contributed by atoms with Crippen LogP contribution in [0.5, 0.6) is 0 Å². The Bertz CT molecular complexity index is 2010. The molecule has 2 amide bonds. The molecule has 2 aliphatic carbocycles. The lowest BCUT2D eigenvalue weighted by Crippen LogP contribution is -2.40. The van der Waals surface area contributed by atoms with E-state index < -0.39 is 40.7 Å². The Kier molecular flexibility index (Phi) is 17.8. The minimum Gasteiger partial charge on any atom is -0.367 e. The van der Waals surface area contributed by atoms with E-state index in [1.165, 1.54) is 48.5 Å². The Morgan fingerprint density at radius 3 is 1.36 bits per heavy atom. The van der Waals surface area contributed by atoms with Crippen LogP contribution < -0.4 is 32.3 Å². The maximum Gasteiger partial charge on any atom is 0.433 e. The van der Waals surface area contributed by atoms with E-state index in [2.05, 4.69) is 46.5 Å². The second kappa shape index (κ2) is 22.5. The number of nitrogens with two attached hydrogens (primary N) is 1. The molecule has 4 aromatic rings. The molecule has 2 saturated carbocycles. The normalized spacial score (nSPS) is 18.9. The van der Waals surface area contributed by atoms with E-state index >= 15 is 0 Å². The number of nitrogens with one attached hydrogen (secondary N) is 5. The fraction of sp³-hybridized carbons (Fsp3) is 0.450. The van der Waals surface area contributed by atoms with Crippen molar-refractivity contribution in [2.45, 2.75) is 102 Å². The van der Waals surface area contributed by atoms with Gasteiger partial charge in [0.2, 0.25) is 11.2 Å². The van der Waals surface area contributed by atoms with Crippen molar-refractivity contribution in [3.8, 4) is 0 Å². The molecule has 12 nitrogen and oxygen atoms in total. The first-order valence-corrected chi connectivity index (χ1v) is 19.9. The molecule has 0 unspecified atom stereocenters. The van der Waals surface area contributed by atoms with Gasteiger partial charge in [-0.25, -0.2) is 23.7 Å². The zero-order valence-electron chi connectivity index (χ0n) is 33.2. The molecule has 0 radical (unpaired) electrons. The van der Waals surface area contributed by atoms with Crippen molar-refractivity contribution in [2.24, 2.45) is 5.73 Å². The molecule has 2 aromatic carbocycles. The Morgan fingerprint density at radius 2 is 0.984 bits per heavy atom. The monoisotopic (exact) mass is 886 g/mol. The summed E-state index contributed by atoms with van der Waals surface area (Å²) in [5.74, 6) is -1.31. The number of rotatable bonds is 10. The van der Waals surface area contributed by atoms with Gasteiger partial charge in [-0.1, -0.05) is 6.92 Å². The van der Waals surface area contributed by atoms with E-state index in [0.717, 1.165) is 18.7 Å². The maximum absolute atomic E-state index is 13.1. The highest BCUT2D eigenvalue weighted by atomic mass is 35.5. The van der Waals surface area contributed by atoms with E-state index in [1.54, 1.807) is 6.92 Å². The Labute approximate surface area is 352 Å². The summed E-state index contributed by atoms with van der Waals surface area (Å²) in [6, 6.07) is 12.0. The molecule has 0 atom stereocenters. The summed E-state index contributed by atoms with van der Waals surface area (Å²) in [5, 5.41) is 14.1. The molecule has 6 rings (SSSR count). The number of carbonyl (C=O) groups is 2. The van der Waals surface area contributed by atoms with Gasteiger partial charge in [0.1, 0.15) is 23.3 Å². The smallest absolute Gasteiger partial charge is 0.367 e. The minimum absolute atomic E-state index is 0.0196. The van der Waals surface area contributed by atoms with Crippen LogP contribution in [0.1, 0.15) is 97.3 Å². The summed E-state index contributed by atoms with van der Waals surface area (Å²) < 4.78 is 104. The van der Waals surface area contributed by atoms with Gasteiger partial charge >= 0.3 is 12.4 Å². The second-order valence-corrected chi connectivity index (χ2v) is 14.5. The summed E-state index contributed by atoms with van der Waals surface area (Å²) in [7, 11) is 0. The average Bonchev–Trinajstić information content (AvgIpc) is 3.20. The molecule has 2 aromatic heterocycles. The molecule has 0 saturated heterocycles. The number of nitrogens with zero attached hydrogens (tertiary/aromatic N) is 4. The van der Waals surface area contributed by atoms with Gasteiger partial charge in [0.05, 0.1) is 0 Å². The van der Waals surface area contributed by atoms with Crippen molar-refractivity contribution in [1.82, 2.24) is 30.6 Å². The highest BCUT2D eigenvalue weighted by Crippen LogP contribution is 2.32. The van der Waals surface area contributed by atoms with E-state index in [9.17, 15) is 44.7 Å². The number of halogens is 9. The Hall–Kier alpha value is -5.37. The van der Waals surface area contributed by atoms with Crippen LogP contribution in [-0.2, 0) is 12.4 Å². The third kappa shape index (κ3) is 15.9.